The van der Waals surface area contributed by atoms with Crippen LogP contribution in [0.1, 0.15) is 20.3 Å². The lowest BCUT2D eigenvalue weighted by Gasteiger charge is -2.21. The number of carbonyl (C=O) groups is 1. The van der Waals surface area contributed by atoms with Crippen molar-refractivity contribution in [3.05, 3.63) is 0 Å². The Morgan fingerprint density at radius 3 is 2.57 bits per heavy atom. The molecule has 0 aliphatic heterocycles. The second-order valence-corrected chi connectivity index (χ2v) is 4.88. The van der Waals surface area contributed by atoms with Crippen LogP contribution in [0.5, 0.6) is 0 Å². The minimum Gasteiger partial charge on any atom is -0.481 e. The summed E-state index contributed by atoms with van der Waals surface area (Å²) in [5.74, 6) is -0.799. The standard InChI is InChI=1S/C9H17IO4/c1-9(2,5-8(11)12)6-14-7-13-4-3-10/h3-7H2,1-2H3,(H,11,12). The van der Waals surface area contributed by atoms with Gasteiger partial charge in [-0.25, -0.2) is 0 Å². The minimum atomic E-state index is -0.799. The Labute approximate surface area is 98.1 Å². The maximum absolute atomic E-state index is 10.5. The third-order valence-corrected chi connectivity index (χ3v) is 1.95. The lowest BCUT2D eigenvalue weighted by Crippen LogP contribution is -2.23. The van der Waals surface area contributed by atoms with Crippen LogP contribution in [0.25, 0.3) is 0 Å². The Hall–Kier alpha value is 0.120. The van der Waals surface area contributed by atoms with Crippen LogP contribution < -0.4 is 0 Å². The number of carboxylic acid groups (broad SMARTS) is 1. The summed E-state index contributed by atoms with van der Waals surface area (Å²) in [6.07, 6.45) is 0.110. The summed E-state index contributed by atoms with van der Waals surface area (Å²) in [7, 11) is 0. The van der Waals surface area contributed by atoms with Crippen LogP contribution in [0.3, 0.4) is 0 Å². The average molecular weight is 316 g/mol. The Balaban J connectivity index is 3.50. The van der Waals surface area contributed by atoms with Gasteiger partial charge in [-0.05, 0) is 5.41 Å². The van der Waals surface area contributed by atoms with Gasteiger partial charge < -0.3 is 14.6 Å². The van der Waals surface area contributed by atoms with E-state index < -0.39 is 5.97 Å². The molecule has 0 rings (SSSR count). The van der Waals surface area contributed by atoms with Gasteiger partial charge in [0, 0.05) is 4.43 Å². The van der Waals surface area contributed by atoms with Crippen molar-refractivity contribution in [3.8, 4) is 0 Å². The molecule has 0 heterocycles. The summed E-state index contributed by atoms with van der Waals surface area (Å²) < 4.78 is 11.2. The predicted molar refractivity (Wildman–Crippen MR) is 61.7 cm³/mol. The van der Waals surface area contributed by atoms with Gasteiger partial charge >= 0.3 is 5.97 Å². The van der Waals surface area contributed by atoms with Crippen molar-refractivity contribution in [2.75, 3.05) is 24.4 Å². The van der Waals surface area contributed by atoms with Gasteiger partial charge in [-0.15, -0.1) is 0 Å². The maximum Gasteiger partial charge on any atom is 0.303 e. The van der Waals surface area contributed by atoms with Gasteiger partial charge in [-0.1, -0.05) is 36.4 Å². The van der Waals surface area contributed by atoms with Crippen molar-refractivity contribution in [1.29, 1.82) is 0 Å². The van der Waals surface area contributed by atoms with E-state index in [-0.39, 0.29) is 18.6 Å². The molecule has 0 spiro atoms. The second kappa shape index (κ2) is 7.42. The van der Waals surface area contributed by atoms with E-state index in [1.54, 1.807) is 0 Å². The molecule has 0 aromatic heterocycles. The van der Waals surface area contributed by atoms with Crippen molar-refractivity contribution in [2.24, 2.45) is 5.41 Å². The molecule has 0 unspecified atom stereocenters. The molecule has 5 heteroatoms. The smallest absolute Gasteiger partial charge is 0.303 e. The minimum absolute atomic E-state index is 0.110. The van der Waals surface area contributed by atoms with E-state index in [2.05, 4.69) is 22.6 Å². The van der Waals surface area contributed by atoms with Crippen LogP contribution in [0.15, 0.2) is 0 Å². The molecule has 0 fully saturated rings. The highest BCUT2D eigenvalue weighted by atomic mass is 127. The number of alkyl halides is 1. The molecule has 84 valence electrons. The van der Waals surface area contributed by atoms with Crippen molar-refractivity contribution in [3.63, 3.8) is 0 Å². The van der Waals surface area contributed by atoms with E-state index in [9.17, 15) is 4.79 Å². The SMILES string of the molecule is CC(C)(COCOCCI)CC(=O)O. The second-order valence-electron chi connectivity index (χ2n) is 3.80. The summed E-state index contributed by atoms with van der Waals surface area (Å²) in [4.78, 5) is 10.5. The topological polar surface area (TPSA) is 55.8 Å². The average Bonchev–Trinajstić information content (AvgIpc) is 2.01. The van der Waals surface area contributed by atoms with Crippen LogP contribution in [0, 0.1) is 5.41 Å². The Kier molecular flexibility index (Phi) is 7.48. The Morgan fingerprint density at radius 2 is 2.07 bits per heavy atom. The fourth-order valence-corrected chi connectivity index (χ4v) is 1.26. The molecule has 0 aliphatic carbocycles. The highest BCUT2D eigenvalue weighted by Crippen LogP contribution is 2.20. The van der Waals surface area contributed by atoms with Crippen LogP contribution in [-0.2, 0) is 14.3 Å². The summed E-state index contributed by atoms with van der Waals surface area (Å²) >= 11 is 2.21. The highest BCUT2D eigenvalue weighted by Gasteiger charge is 2.21. The third kappa shape index (κ3) is 8.71. The summed E-state index contributed by atoms with van der Waals surface area (Å²) in [5.41, 5.74) is -0.334. The maximum atomic E-state index is 10.5. The summed E-state index contributed by atoms with van der Waals surface area (Å²) in [5, 5.41) is 8.60. The molecule has 0 saturated carbocycles. The monoisotopic (exact) mass is 316 g/mol. The Bertz CT molecular complexity index is 170. The number of ether oxygens (including phenoxy) is 2. The van der Waals surface area contributed by atoms with E-state index in [4.69, 9.17) is 14.6 Å². The first kappa shape index (κ1) is 14.1. The predicted octanol–water partition coefficient (Wildman–Crippen LogP) is 1.91. The molecule has 1 N–H and O–H groups in total. The third-order valence-electron chi connectivity index (χ3n) is 1.51. The van der Waals surface area contributed by atoms with Gasteiger partial charge in [-0.3, -0.25) is 4.79 Å². The molecule has 0 radical (unpaired) electrons. The fraction of sp³-hybridized carbons (Fsp3) is 0.889. The van der Waals surface area contributed by atoms with Crippen molar-refractivity contribution in [2.45, 2.75) is 20.3 Å². The lowest BCUT2D eigenvalue weighted by molar-refractivity contribution is -0.141. The fourth-order valence-electron chi connectivity index (χ4n) is 0.951. The zero-order valence-electron chi connectivity index (χ0n) is 8.59. The largest absolute Gasteiger partial charge is 0.481 e. The van der Waals surface area contributed by atoms with E-state index >= 15 is 0 Å². The molecule has 0 atom stereocenters. The molecule has 4 nitrogen and oxygen atoms in total. The summed E-state index contributed by atoms with van der Waals surface area (Å²) in [6, 6.07) is 0. The first-order valence-electron chi connectivity index (χ1n) is 4.41. The van der Waals surface area contributed by atoms with Crippen molar-refractivity contribution >= 4 is 28.6 Å². The number of hydrogen-bond donors (Lipinski definition) is 1. The Morgan fingerprint density at radius 1 is 1.43 bits per heavy atom. The van der Waals surface area contributed by atoms with Gasteiger partial charge in [0.05, 0.1) is 19.6 Å². The molecular formula is C9H17IO4. The number of hydrogen-bond acceptors (Lipinski definition) is 3. The number of rotatable bonds is 8. The van der Waals surface area contributed by atoms with Gasteiger partial charge in [0.2, 0.25) is 0 Å². The van der Waals surface area contributed by atoms with Crippen molar-refractivity contribution < 1.29 is 19.4 Å². The van der Waals surface area contributed by atoms with Crippen LogP contribution >= 0.6 is 22.6 Å². The zero-order chi connectivity index (χ0) is 11.0. The van der Waals surface area contributed by atoms with Crippen molar-refractivity contribution in [1.82, 2.24) is 0 Å². The highest BCUT2D eigenvalue weighted by molar-refractivity contribution is 14.1. The number of aliphatic carboxylic acids is 1. The van der Waals surface area contributed by atoms with Gasteiger partial charge in [0.1, 0.15) is 6.79 Å². The van der Waals surface area contributed by atoms with Gasteiger partial charge in [0.15, 0.2) is 0 Å². The van der Waals surface area contributed by atoms with Gasteiger partial charge in [-0.2, -0.15) is 0 Å². The molecule has 0 aromatic rings. The molecule has 0 saturated heterocycles. The summed E-state index contributed by atoms with van der Waals surface area (Å²) in [6.45, 7) is 5.03. The normalized spacial score (nSPS) is 11.6. The number of carboxylic acids is 1. The van der Waals surface area contributed by atoms with E-state index in [0.717, 1.165) is 4.43 Å². The molecule has 0 aliphatic rings. The van der Waals surface area contributed by atoms with E-state index in [1.807, 2.05) is 13.8 Å². The van der Waals surface area contributed by atoms with E-state index in [0.29, 0.717) is 13.2 Å². The van der Waals surface area contributed by atoms with Crippen LogP contribution in [0.4, 0.5) is 0 Å². The first-order valence-corrected chi connectivity index (χ1v) is 5.94. The molecule has 0 bridgehead atoms. The van der Waals surface area contributed by atoms with Crippen LogP contribution in [-0.4, -0.2) is 35.5 Å². The molecule has 14 heavy (non-hydrogen) atoms. The molecular weight excluding hydrogens is 299 g/mol. The number of halogens is 1. The quantitative estimate of drug-likeness (QED) is 0.322. The molecule has 0 aromatic carbocycles. The van der Waals surface area contributed by atoms with E-state index in [1.165, 1.54) is 0 Å². The first-order chi connectivity index (χ1) is 6.48. The van der Waals surface area contributed by atoms with Gasteiger partial charge in [0.25, 0.3) is 0 Å². The molecule has 0 amide bonds. The lowest BCUT2D eigenvalue weighted by atomic mass is 9.91. The van der Waals surface area contributed by atoms with Crippen LogP contribution in [0.2, 0.25) is 0 Å². The zero-order valence-corrected chi connectivity index (χ0v) is 10.7.